The summed E-state index contributed by atoms with van der Waals surface area (Å²) in [6.07, 6.45) is 2.69. The van der Waals surface area contributed by atoms with Crippen LogP contribution in [0, 0.1) is 5.92 Å². The van der Waals surface area contributed by atoms with Crippen LogP contribution in [0.1, 0.15) is 17.7 Å². The first-order valence-electron chi connectivity index (χ1n) is 5.34. The molecular formula is C11H17ClN2S. The molecule has 1 unspecified atom stereocenters. The van der Waals surface area contributed by atoms with E-state index in [1.807, 2.05) is 11.4 Å². The molecule has 2 nitrogen and oxygen atoms in total. The highest BCUT2D eigenvalue weighted by atomic mass is 35.5. The number of likely N-dealkylation sites (N-methyl/N-ethyl adjacent to an activating group) is 1. The van der Waals surface area contributed by atoms with E-state index in [2.05, 4.69) is 11.9 Å². The summed E-state index contributed by atoms with van der Waals surface area (Å²) >= 11 is 7.62. The maximum atomic E-state index is 5.90. The highest BCUT2D eigenvalue weighted by molar-refractivity contribution is 7.10. The molecule has 0 amide bonds. The van der Waals surface area contributed by atoms with Crippen molar-refractivity contribution in [1.82, 2.24) is 4.90 Å². The van der Waals surface area contributed by atoms with Crippen LogP contribution in [0.15, 0.2) is 11.4 Å². The Morgan fingerprint density at radius 2 is 2.40 bits per heavy atom. The van der Waals surface area contributed by atoms with Crippen molar-refractivity contribution in [2.24, 2.45) is 11.7 Å². The predicted molar refractivity (Wildman–Crippen MR) is 66.4 cm³/mol. The van der Waals surface area contributed by atoms with Crippen LogP contribution >= 0.6 is 22.9 Å². The fourth-order valence-corrected chi connectivity index (χ4v) is 3.15. The molecule has 4 heteroatoms. The van der Waals surface area contributed by atoms with Gasteiger partial charge in [0.25, 0.3) is 0 Å². The zero-order chi connectivity index (χ0) is 10.8. The lowest BCUT2D eigenvalue weighted by Crippen LogP contribution is -2.38. The number of nitrogens with zero attached hydrogens (tertiary/aromatic N) is 1. The molecule has 0 radical (unpaired) electrons. The van der Waals surface area contributed by atoms with Crippen molar-refractivity contribution in [2.45, 2.75) is 25.4 Å². The second kappa shape index (κ2) is 4.83. The molecule has 84 valence electrons. The Bertz CT molecular complexity index is 322. The molecule has 0 aliphatic heterocycles. The third-order valence-electron chi connectivity index (χ3n) is 3.00. The van der Waals surface area contributed by atoms with Gasteiger partial charge in [0.1, 0.15) is 0 Å². The minimum absolute atomic E-state index is 0.547. The molecule has 0 saturated heterocycles. The average molecular weight is 245 g/mol. The van der Waals surface area contributed by atoms with Crippen LogP contribution in [-0.2, 0) is 6.54 Å². The van der Waals surface area contributed by atoms with Crippen molar-refractivity contribution < 1.29 is 0 Å². The van der Waals surface area contributed by atoms with Gasteiger partial charge < -0.3 is 5.73 Å². The minimum Gasteiger partial charge on any atom is -0.329 e. The number of halogens is 1. The normalized spacial score (nSPS) is 18.4. The predicted octanol–water partition coefficient (Wildman–Crippen LogP) is 2.57. The van der Waals surface area contributed by atoms with Gasteiger partial charge in [-0.15, -0.1) is 11.3 Å². The summed E-state index contributed by atoms with van der Waals surface area (Å²) in [6.45, 7) is 1.73. The molecule has 1 aliphatic carbocycles. The largest absolute Gasteiger partial charge is 0.329 e. The molecule has 2 rings (SSSR count). The summed E-state index contributed by atoms with van der Waals surface area (Å²) in [7, 11) is 2.16. The highest BCUT2D eigenvalue weighted by Gasteiger charge is 2.32. The molecular weight excluding hydrogens is 228 g/mol. The molecule has 1 saturated carbocycles. The third kappa shape index (κ3) is 2.94. The van der Waals surface area contributed by atoms with Crippen molar-refractivity contribution in [2.75, 3.05) is 13.6 Å². The smallest absolute Gasteiger partial charge is 0.0516 e. The number of hydrogen-bond acceptors (Lipinski definition) is 3. The minimum atomic E-state index is 0.547. The van der Waals surface area contributed by atoms with Crippen LogP contribution in [0.4, 0.5) is 0 Å². The topological polar surface area (TPSA) is 29.3 Å². The summed E-state index contributed by atoms with van der Waals surface area (Å²) in [4.78, 5) is 3.68. The zero-order valence-electron chi connectivity index (χ0n) is 8.95. The molecule has 1 aromatic rings. The van der Waals surface area contributed by atoms with Crippen LogP contribution in [0.3, 0.4) is 0 Å². The summed E-state index contributed by atoms with van der Waals surface area (Å²) in [5.41, 5.74) is 5.81. The Hall–Kier alpha value is -0.0900. The van der Waals surface area contributed by atoms with E-state index in [-0.39, 0.29) is 0 Å². The zero-order valence-corrected chi connectivity index (χ0v) is 10.5. The lowest BCUT2D eigenvalue weighted by atomic mass is 10.1. The van der Waals surface area contributed by atoms with Crippen molar-refractivity contribution in [3.63, 3.8) is 0 Å². The quantitative estimate of drug-likeness (QED) is 0.863. The van der Waals surface area contributed by atoms with Gasteiger partial charge in [-0.1, -0.05) is 11.6 Å². The summed E-state index contributed by atoms with van der Waals surface area (Å²) in [6, 6.07) is 2.59. The molecule has 1 fully saturated rings. The molecule has 1 aromatic heterocycles. The molecule has 1 atom stereocenters. The molecule has 1 heterocycles. The van der Waals surface area contributed by atoms with Gasteiger partial charge in [-0.2, -0.15) is 0 Å². The monoisotopic (exact) mass is 244 g/mol. The first-order chi connectivity index (χ1) is 7.20. The lowest BCUT2D eigenvalue weighted by molar-refractivity contribution is 0.217. The fraction of sp³-hybridized carbons (Fsp3) is 0.636. The third-order valence-corrected chi connectivity index (χ3v) is 4.27. The number of hydrogen-bond donors (Lipinski definition) is 1. The van der Waals surface area contributed by atoms with Crippen LogP contribution < -0.4 is 5.73 Å². The van der Waals surface area contributed by atoms with E-state index >= 15 is 0 Å². The SMILES string of the molecule is CN(Cc1cc(Cl)cs1)C(CN)C1CC1. The average Bonchev–Trinajstić information content (AvgIpc) is 2.93. The molecule has 0 bridgehead atoms. The Balaban J connectivity index is 1.92. The van der Waals surface area contributed by atoms with Gasteiger partial charge in [-0.3, -0.25) is 4.90 Å². The molecule has 15 heavy (non-hydrogen) atoms. The van der Waals surface area contributed by atoms with Gasteiger partial charge in [0.2, 0.25) is 0 Å². The van der Waals surface area contributed by atoms with E-state index in [1.165, 1.54) is 17.7 Å². The van der Waals surface area contributed by atoms with Crippen LogP contribution in [0.2, 0.25) is 5.02 Å². The second-order valence-corrected chi connectivity index (χ2v) is 5.72. The van der Waals surface area contributed by atoms with Crippen molar-refractivity contribution in [1.29, 1.82) is 0 Å². The van der Waals surface area contributed by atoms with Crippen molar-refractivity contribution >= 4 is 22.9 Å². The van der Waals surface area contributed by atoms with E-state index in [4.69, 9.17) is 17.3 Å². The van der Waals surface area contributed by atoms with Gasteiger partial charge >= 0.3 is 0 Å². The number of thiophene rings is 1. The highest BCUT2D eigenvalue weighted by Crippen LogP contribution is 2.35. The van der Waals surface area contributed by atoms with Gasteiger partial charge in [0.15, 0.2) is 0 Å². The summed E-state index contributed by atoms with van der Waals surface area (Å²) < 4.78 is 0. The first-order valence-corrected chi connectivity index (χ1v) is 6.59. The molecule has 0 aromatic carbocycles. The van der Waals surface area contributed by atoms with Crippen LogP contribution in [0.25, 0.3) is 0 Å². The lowest BCUT2D eigenvalue weighted by Gasteiger charge is -2.26. The Morgan fingerprint density at radius 3 is 2.87 bits per heavy atom. The van der Waals surface area contributed by atoms with Gasteiger partial charge in [-0.25, -0.2) is 0 Å². The maximum Gasteiger partial charge on any atom is 0.0516 e. The summed E-state index contributed by atoms with van der Waals surface area (Å²) in [5, 5.41) is 2.83. The van der Waals surface area contributed by atoms with Gasteiger partial charge in [0, 0.05) is 29.4 Å². The Labute approximate surface area is 100 Å². The van der Waals surface area contributed by atoms with E-state index in [9.17, 15) is 0 Å². The standard InChI is InChI=1S/C11H17ClN2S/c1-14(11(5-13)8-2-3-8)6-10-4-9(12)7-15-10/h4,7-8,11H,2-3,5-6,13H2,1H3. The van der Waals surface area contributed by atoms with Gasteiger partial charge in [-0.05, 0) is 31.9 Å². The van der Waals surface area contributed by atoms with E-state index in [0.717, 1.165) is 24.0 Å². The Morgan fingerprint density at radius 1 is 1.67 bits per heavy atom. The number of nitrogens with two attached hydrogens (primary N) is 1. The second-order valence-electron chi connectivity index (χ2n) is 4.29. The maximum absolute atomic E-state index is 5.90. The van der Waals surface area contributed by atoms with E-state index in [1.54, 1.807) is 11.3 Å². The van der Waals surface area contributed by atoms with Crippen LogP contribution in [0.5, 0.6) is 0 Å². The van der Waals surface area contributed by atoms with E-state index < -0.39 is 0 Å². The molecule has 0 spiro atoms. The summed E-state index contributed by atoms with van der Waals surface area (Å²) in [5.74, 6) is 0.829. The molecule has 2 N–H and O–H groups in total. The van der Waals surface area contributed by atoms with Crippen molar-refractivity contribution in [3.8, 4) is 0 Å². The first kappa shape index (κ1) is 11.4. The van der Waals surface area contributed by atoms with Crippen LogP contribution in [-0.4, -0.2) is 24.5 Å². The van der Waals surface area contributed by atoms with Crippen molar-refractivity contribution in [3.05, 3.63) is 21.3 Å². The van der Waals surface area contributed by atoms with E-state index in [0.29, 0.717) is 6.04 Å². The van der Waals surface area contributed by atoms with Gasteiger partial charge in [0.05, 0.1) is 5.02 Å². The fourth-order valence-electron chi connectivity index (χ4n) is 2.01. The number of rotatable bonds is 5. The molecule has 1 aliphatic rings. The Kier molecular flexibility index (Phi) is 3.67.